The first kappa shape index (κ1) is 11.0. The molecule has 2 heteroatoms. The zero-order valence-corrected chi connectivity index (χ0v) is 10.6. The average molecular weight is 237 g/mol. The van der Waals surface area contributed by atoms with Crippen LogP contribution in [0.4, 0.5) is 0 Å². The third-order valence-electron chi connectivity index (χ3n) is 3.25. The molecule has 2 aromatic rings. The first-order valence-corrected chi connectivity index (χ1v) is 6.10. The van der Waals surface area contributed by atoms with E-state index in [4.69, 9.17) is 4.74 Å². The van der Waals surface area contributed by atoms with E-state index in [1.165, 1.54) is 16.5 Å². The van der Waals surface area contributed by atoms with Crippen LogP contribution in [0.15, 0.2) is 35.9 Å². The van der Waals surface area contributed by atoms with Crippen LogP contribution in [0, 0.1) is 0 Å². The number of pyridine rings is 1. The number of rotatable bonds is 1. The summed E-state index contributed by atoms with van der Waals surface area (Å²) in [5.74, 6) is 0.696. The minimum absolute atomic E-state index is 0.696. The monoisotopic (exact) mass is 237 g/mol. The van der Waals surface area contributed by atoms with Gasteiger partial charge in [0.2, 0.25) is 5.88 Å². The number of ether oxygens (including phenoxy) is 1. The number of fused-ring (bicyclic) bond motifs is 3. The van der Waals surface area contributed by atoms with Gasteiger partial charge in [-0.05, 0) is 30.9 Å². The maximum atomic E-state index is 5.40. The molecule has 3 rings (SSSR count). The quantitative estimate of drug-likeness (QED) is 0.746. The van der Waals surface area contributed by atoms with Crippen LogP contribution in [0.3, 0.4) is 0 Å². The van der Waals surface area contributed by atoms with Crippen molar-refractivity contribution in [2.45, 2.75) is 13.3 Å². The Balaban J connectivity index is 2.43. The molecular formula is C16H15NO. The Bertz CT molecular complexity index is 668. The summed E-state index contributed by atoms with van der Waals surface area (Å²) in [6.07, 6.45) is 7.44. The standard InChI is InChI=1S/C16H15NO/c1-11-6-5-9-15-14(10-11)12-7-3-4-8-13(12)16(17-15)18-2/h3-5,7-10H,6H2,1-2H3. The second kappa shape index (κ2) is 4.30. The number of benzene rings is 1. The molecule has 0 radical (unpaired) electrons. The van der Waals surface area contributed by atoms with Crippen LogP contribution in [0.2, 0.25) is 0 Å². The molecule has 2 nitrogen and oxygen atoms in total. The minimum atomic E-state index is 0.696. The summed E-state index contributed by atoms with van der Waals surface area (Å²) in [5.41, 5.74) is 3.53. The summed E-state index contributed by atoms with van der Waals surface area (Å²) >= 11 is 0. The molecule has 0 fully saturated rings. The largest absolute Gasteiger partial charge is 0.481 e. The molecule has 1 aliphatic carbocycles. The summed E-state index contributed by atoms with van der Waals surface area (Å²) in [6, 6.07) is 8.25. The Morgan fingerprint density at radius 3 is 2.72 bits per heavy atom. The van der Waals surface area contributed by atoms with Crippen LogP contribution in [0.5, 0.6) is 5.88 Å². The van der Waals surface area contributed by atoms with Crippen molar-refractivity contribution in [1.29, 1.82) is 0 Å². The van der Waals surface area contributed by atoms with Gasteiger partial charge in [-0.1, -0.05) is 35.9 Å². The van der Waals surface area contributed by atoms with Crippen molar-refractivity contribution in [1.82, 2.24) is 4.98 Å². The van der Waals surface area contributed by atoms with E-state index in [9.17, 15) is 0 Å². The van der Waals surface area contributed by atoms with E-state index in [2.05, 4.69) is 48.3 Å². The Kier molecular flexibility index (Phi) is 2.63. The van der Waals surface area contributed by atoms with Gasteiger partial charge in [0.05, 0.1) is 12.8 Å². The molecule has 1 aromatic heterocycles. The summed E-state index contributed by atoms with van der Waals surface area (Å²) < 4.78 is 5.40. The van der Waals surface area contributed by atoms with Crippen LogP contribution in [0.25, 0.3) is 22.9 Å². The molecule has 0 saturated carbocycles. The highest BCUT2D eigenvalue weighted by Crippen LogP contribution is 2.32. The normalized spacial score (nSPS) is 14.0. The fraction of sp³-hybridized carbons (Fsp3) is 0.188. The third-order valence-corrected chi connectivity index (χ3v) is 3.25. The van der Waals surface area contributed by atoms with Crippen LogP contribution < -0.4 is 4.74 Å². The lowest BCUT2D eigenvalue weighted by atomic mass is 10.0. The summed E-state index contributed by atoms with van der Waals surface area (Å²) in [4.78, 5) is 4.60. The van der Waals surface area contributed by atoms with Crippen LogP contribution in [-0.4, -0.2) is 12.1 Å². The second-order valence-electron chi connectivity index (χ2n) is 4.56. The van der Waals surface area contributed by atoms with Gasteiger partial charge < -0.3 is 4.74 Å². The number of allylic oxidation sites excluding steroid dienone is 2. The molecule has 1 aromatic carbocycles. The SMILES string of the molecule is COc1nc2c(c3ccccc13)C=C(C)CC=C2. The first-order valence-electron chi connectivity index (χ1n) is 6.10. The van der Waals surface area contributed by atoms with Crippen molar-refractivity contribution in [2.24, 2.45) is 0 Å². The fourth-order valence-electron chi connectivity index (χ4n) is 2.37. The molecule has 1 heterocycles. The summed E-state index contributed by atoms with van der Waals surface area (Å²) in [6.45, 7) is 2.15. The third kappa shape index (κ3) is 1.70. The number of nitrogens with zero attached hydrogens (tertiary/aromatic N) is 1. The van der Waals surface area contributed by atoms with Crippen molar-refractivity contribution in [3.05, 3.63) is 47.2 Å². The van der Waals surface area contributed by atoms with Crippen molar-refractivity contribution in [3.8, 4) is 5.88 Å². The fourth-order valence-corrected chi connectivity index (χ4v) is 2.37. The van der Waals surface area contributed by atoms with Gasteiger partial charge >= 0.3 is 0 Å². The topological polar surface area (TPSA) is 22.1 Å². The lowest BCUT2D eigenvalue weighted by Gasteiger charge is -2.10. The second-order valence-corrected chi connectivity index (χ2v) is 4.56. The van der Waals surface area contributed by atoms with E-state index in [0.29, 0.717) is 5.88 Å². The highest BCUT2D eigenvalue weighted by atomic mass is 16.5. The molecule has 0 spiro atoms. The highest BCUT2D eigenvalue weighted by Gasteiger charge is 2.12. The maximum absolute atomic E-state index is 5.40. The van der Waals surface area contributed by atoms with Gasteiger partial charge in [-0.3, -0.25) is 0 Å². The van der Waals surface area contributed by atoms with E-state index < -0.39 is 0 Å². The lowest BCUT2D eigenvalue weighted by Crippen LogP contribution is -1.95. The van der Waals surface area contributed by atoms with E-state index in [0.717, 1.165) is 17.5 Å². The minimum Gasteiger partial charge on any atom is -0.481 e. The molecule has 0 atom stereocenters. The van der Waals surface area contributed by atoms with Crippen LogP contribution in [0.1, 0.15) is 24.6 Å². The maximum Gasteiger partial charge on any atom is 0.221 e. The Labute approximate surface area is 107 Å². The van der Waals surface area contributed by atoms with Gasteiger partial charge in [0.15, 0.2) is 0 Å². The number of hydrogen-bond acceptors (Lipinski definition) is 2. The zero-order valence-electron chi connectivity index (χ0n) is 10.6. The lowest BCUT2D eigenvalue weighted by molar-refractivity contribution is 0.403. The Morgan fingerprint density at radius 1 is 1.17 bits per heavy atom. The molecule has 0 bridgehead atoms. The number of methoxy groups -OCH3 is 1. The predicted octanol–water partition coefficient (Wildman–Crippen LogP) is 4.06. The molecule has 0 saturated heterocycles. The van der Waals surface area contributed by atoms with Crippen molar-refractivity contribution in [3.63, 3.8) is 0 Å². The van der Waals surface area contributed by atoms with E-state index >= 15 is 0 Å². The van der Waals surface area contributed by atoms with Gasteiger partial charge in [0, 0.05) is 10.9 Å². The van der Waals surface area contributed by atoms with Crippen LogP contribution in [-0.2, 0) is 0 Å². The van der Waals surface area contributed by atoms with Crippen molar-refractivity contribution in [2.75, 3.05) is 7.11 Å². The van der Waals surface area contributed by atoms with Gasteiger partial charge in [0.1, 0.15) is 0 Å². The van der Waals surface area contributed by atoms with Gasteiger partial charge in [-0.25, -0.2) is 4.98 Å². The average Bonchev–Trinajstić information content (AvgIpc) is 2.59. The van der Waals surface area contributed by atoms with Crippen LogP contribution >= 0.6 is 0 Å². The highest BCUT2D eigenvalue weighted by molar-refractivity contribution is 5.96. The molecule has 90 valence electrons. The smallest absolute Gasteiger partial charge is 0.221 e. The number of aromatic nitrogens is 1. The molecule has 0 aliphatic heterocycles. The van der Waals surface area contributed by atoms with Crippen molar-refractivity contribution < 1.29 is 4.74 Å². The van der Waals surface area contributed by atoms with Gasteiger partial charge in [-0.15, -0.1) is 0 Å². The summed E-state index contributed by atoms with van der Waals surface area (Å²) in [7, 11) is 1.67. The molecule has 0 N–H and O–H groups in total. The summed E-state index contributed by atoms with van der Waals surface area (Å²) in [5, 5.41) is 2.27. The predicted molar refractivity (Wildman–Crippen MR) is 75.6 cm³/mol. The molecule has 0 amide bonds. The molecular weight excluding hydrogens is 222 g/mol. The van der Waals surface area contributed by atoms with Gasteiger partial charge in [-0.2, -0.15) is 0 Å². The van der Waals surface area contributed by atoms with Gasteiger partial charge in [0.25, 0.3) is 0 Å². The van der Waals surface area contributed by atoms with E-state index in [-0.39, 0.29) is 0 Å². The number of hydrogen-bond donors (Lipinski definition) is 0. The van der Waals surface area contributed by atoms with E-state index in [1.54, 1.807) is 7.11 Å². The Hall–Kier alpha value is -2.09. The zero-order chi connectivity index (χ0) is 12.5. The molecule has 18 heavy (non-hydrogen) atoms. The molecule has 1 aliphatic rings. The van der Waals surface area contributed by atoms with Crippen molar-refractivity contribution >= 4 is 22.9 Å². The van der Waals surface area contributed by atoms with E-state index in [1.807, 2.05) is 6.07 Å². The first-order chi connectivity index (χ1) is 8.79. The Morgan fingerprint density at radius 2 is 1.94 bits per heavy atom. The molecule has 0 unspecified atom stereocenters.